The number of aromatic nitrogens is 1. The minimum Gasteiger partial charge on any atom is -0.373 e. The minimum absolute atomic E-state index is 0.0793. The third kappa shape index (κ3) is 2.28. The maximum Gasteiger partial charge on any atom is 0.146 e. The molecule has 1 unspecified atom stereocenters. The van der Waals surface area contributed by atoms with Crippen molar-refractivity contribution < 1.29 is 4.74 Å². The molecule has 2 heterocycles. The summed E-state index contributed by atoms with van der Waals surface area (Å²) < 4.78 is 5.61. The number of halogens is 1. The fourth-order valence-corrected chi connectivity index (χ4v) is 1.87. The summed E-state index contributed by atoms with van der Waals surface area (Å²) >= 11 is 5.76. The smallest absolute Gasteiger partial charge is 0.146 e. The molecule has 1 atom stereocenters. The van der Waals surface area contributed by atoms with Gasteiger partial charge in [-0.1, -0.05) is 11.6 Å². The Morgan fingerprint density at radius 2 is 2.40 bits per heavy atom. The number of hydrogen-bond donors (Lipinski definition) is 0. The largest absolute Gasteiger partial charge is 0.373 e. The number of hydrogen-bond acceptors (Lipinski definition) is 3. The Morgan fingerprint density at radius 3 is 3.07 bits per heavy atom. The Bertz CT molecular complexity index is 394. The van der Waals surface area contributed by atoms with Crippen molar-refractivity contribution in [2.45, 2.75) is 25.4 Å². The van der Waals surface area contributed by atoms with Crippen LogP contribution in [0.15, 0.2) is 12.3 Å². The quantitative estimate of drug-likeness (QED) is 0.687. The topological polar surface area (TPSA) is 45.9 Å². The lowest BCUT2D eigenvalue weighted by Crippen LogP contribution is -2.11. The highest BCUT2D eigenvalue weighted by Crippen LogP contribution is 2.28. The molecule has 1 fully saturated rings. The molecule has 0 aliphatic carbocycles. The van der Waals surface area contributed by atoms with Crippen molar-refractivity contribution in [1.82, 2.24) is 4.98 Å². The van der Waals surface area contributed by atoms with Crippen LogP contribution in [0.3, 0.4) is 0 Å². The molecule has 0 amide bonds. The van der Waals surface area contributed by atoms with Crippen LogP contribution < -0.4 is 0 Å². The normalized spacial score (nSPS) is 20.9. The van der Waals surface area contributed by atoms with Gasteiger partial charge in [0.25, 0.3) is 0 Å². The maximum absolute atomic E-state index is 8.83. The Kier molecular flexibility index (Phi) is 3.20. The molecule has 1 aromatic rings. The summed E-state index contributed by atoms with van der Waals surface area (Å²) in [6.45, 7) is 0.787. The van der Waals surface area contributed by atoms with Gasteiger partial charge in [-0.05, 0) is 25.3 Å². The summed E-state index contributed by atoms with van der Waals surface area (Å²) in [5, 5.41) is 9.09. The molecule has 78 valence electrons. The predicted molar refractivity (Wildman–Crippen MR) is 56.5 cm³/mol. The molecule has 1 aromatic heterocycles. The molecule has 2 rings (SSSR count). The van der Waals surface area contributed by atoms with E-state index in [4.69, 9.17) is 21.6 Å². The summed E-state index contributed by atoms with van der Waals surface area (Å²) in [6.07, 6.45) is 5.04. The Morgan fingerprint density at radius 1 is 1.53 bits per heavy atom. The minimum atomic E-state index is 0.0793. The lowest BCUT2D eigenvalue weighted by molar-refractivity contribution is 0.0147. The van der Waals surface area contributed by atoms with E-state index in [1.165, 1.54) is 0 Å². The highest BCUT2D eigenvalue weighted by molar-refractivity contribution is 6.30. The van der Waals surface area contributed by atoms with Crippen LogP contribution in [0.4, 0.5) is 0 Å². The van der Waals surface area contributed by atoms with E-state index in [1.54, 1.807) is 12.3 Å². The Labute approximate surface area is 93.6 Å². The van der Waals surface area contributed by atoms with E-state index in [2.05, 4.69) is 4.98 Å². The van der Waals surface area contributed by atoms with Crippen LogP contribution in [0.2, 0.25) is 5.15 Å². The van der Waals surface area contributed by atoms with Gasteiger partial charge in [0.05, 0.1) is 11.7 Å². The summed E-state index contributed by atoms with van der Waals surface area (Å²) in [7, 11) is 0. The Hall–Kier alpha value is -1.11. The number of rotatable bonds is 1. The van der Waals surface area contributed by atoms with Crippen LogP contribution >= 0.6 is 11.6 Å². The van der Waals surface area contributed by atoms with E-state index in [-0.39, 0.29) is 11.3 Å². The van der Waals surface area contributed by atoms with Crippen LogP contribution in [0.5, 0.6) is 0 Å². The monoisotopic (exact) mass is 222 g/mol. The van der Waals surface area contributed by atoms with Gasteiger partial charge in [-0.15, -0.1) is 0 Å². The standard InChI is InChI=1S/C11H11ClN2O/c12-11-8(6-13)5-9(7-14-11)10-3-1-2-4-15-10/h5,7,10H,1-4H2. The molecule has 0 saturated carbocycles. The molecular formula is C11H11ClN2O. The van der Waals surface area contributed by atoms with Gasteiger partial charge in [0.2, 0.25) is 0 Å². The van der Waals surface area contributed by atoms with Gasteiger partial charge >= 0.3 is 0 Å². The van der Waals surface area contributed by atoms with Crippen LogP contribution in [0.25, 0.3) is 0 Å². The third-order valence-corrected chi connectivity index (χ3v) is 2.83. The zero-order chi connectivity index (χ0) is 10.7. The maximum atomic E-state index is 8.83. The molecule has 4 heteroatoms. The number of nitriles is 1. The summed E-state index contributed by atoms with van der Waals surface area (Å²) in [5.74, 6) is 0. The molecule has 0 bridgehead atoms. The van der Waals surface area contributed by atoms with Crippen LogP contribution in [-0.4, -0.2) is 11.6 Å². The van der Waals surface area contributed by atoms with Gasteiger partial charge in [-0.25, -0.2) is 4.98 Å². The fraction of sp³-hybridized carbons (Fsp3) is 0.455. The average molecular weight is 223 g/mol. The lowest BCUT2D eigenvalue weighted by atomic mass is 10.0. The van der Waals surface area contributed by atoms with Gasteiger partial charge in [0, 0.05) is 18.4 Å². The van der Waals surface area contributed by atoms with Crippen LogP contribution in [-0.2, 0) is 4.74 Å². The Balaban J connectivity index is 2.25. The van der Waals surface area contributed by atoms with E-state index in [1.807, 2.05) is 6.07 Å². The van der Waals surface area contributed by atoms with Gasteiger partial charge in [0.1, 0.15) is 11.2 Å². The van der Waals surface area contributed by atoms with Crippen molar-refractivity contribution in [3.63, 3.8) is 0 Å². The molecule has 0 spiro atoms. The van der Waals surface area contributed by atoms with Gasteiger partial charge in [0.15, 0.2) is 0 Å². The first-order valence-electron chi connectivity index (χ1n) is 4.98. The number of pyridine rings is 1. The van der Waals surface area contributed by atoms with Crippen molar-refractivity contribution in [1.29, 1.82) is 5.26 Å². The van der Waals surface area contributed by atoms with Crippen molar-refractivity contribution in [2.24, 2.45) is 0 Å². The van der Waals surface area contributed by atoms with Gasteiger partial charge in [-0.2, -0.15) is 5.26 Å². The van der Waals surface area contributed by atoms with Crippen molar-refractivity contribution in [3.8, 4) is 6.07 Å². The van der Waals surface area contributed by atoms with E-state index in [0.29, 0.717) is 5.56 Å². The molecule has 0 N–H and O–H groups in total. The SMILES string of the molecule is N#Cc1cc(C2CCCCO2)cnc1Cl. The molecule has 0 radical (unpaired) electrons. The molecular weight excluding hydrogens is 212 g/mol. The number of ether oxygens (including phenoxy) is 1. The van der Waals surface area contributed by atoms with E-state index >= 15 is 0 Å². The van der Waals surface area contributed by atoms with Crippen molar-refractivity contribution >= 4 is 11.6 Å². The van der Waals surface area contributed by atoms with E-state index in [0.717, 1.165) is 31.4 Å². The molecule has 1 aliphatic heterocycles. The fourth-order valence-electron chi connectivity index (χ4n) is 1.72. The lowest BCUT2D eigenvalue weighted by Gasteiger charge is -2.22. The molecule has 1 saturated heterocycles. The molecule has 0 aromatic carbocycles. The first-order valence-corrected chi connectivity index (χ1v) is 5.36. The van der Waals surface area contributed by atoms with E-state index in [9.17, 15) is 0 Å². The third-order valence-electron chi connectivity index (χ3n) is 2.53. The zero-order valence-corrected chi connectivity index (χ0v) is 9.00. The van der Waals surface area contributed by atoms with E-state index < -0.39 is 0 Å². The first-order chi connectivity index (χ1) is 7.31. The van der Waals surface area contributed by atoms with Crippen LogP contribution in [0, 0.1) is 11.3 Å². The summed E-state index contributed by atoms with van der Waals surface area (Å²) in [6, 6.07) is 3.79. The highest BCUT2D eigenvalue weighted by Gasteiger charge is 2.17. The molecule has 1 aliphatic rings. The number of nitrogens with zero attached hydrogens (tertiary/aromatic N) is 2. The van der Waals surface area contributed by atoms with Gasteiger partial charge in [-0.3, -0.25) is 0 Å². The summed E-state index contributed by atoms with van der Waals surface area (Å²) in [4.78, 5) is 3.99. The molecule has 15 heavy (non-hydrogen) atoms. The predicted octanol–water partition coefficient (Wildman–Crippen LogP) is 2.85. The average Bonchev–Trinajstić information content (AvgIpc) is 2.31. The second-order valence-electron chi connectivity index (χ2n) is 3.57. The van der Waals surface area contributed by atoms with Crippen LogP contribution in [0.1, 0.15) is 36.5 Å². The second kappa shape index (κ2) is 4.61. The van der Waals surface area contributed by atoms with Crippen molar-refractivity contribution in [2.75, 3.05) is 6.61 Å². The zero-order valence-electron chi connectivity index (χ0n) is 8.24. The molecule has 3 nitrogen and oxygen atoms in total. The first kappa shape index (κ1) is 10.4. The second-order valence-corrected chi connectivity index (χ2v) is 3.93. The highest BCUT2D eigenvalue weighted by atomic mass is 35.5. The van der Waals surface area contributed by atoms with Gasteiger partial charge < -0.3 is 4.74 Å². The summed E-state index contributed by atoms with van der Waals surface area (Å²) in [5.41, 5.74) is 1.37. The van der Waals surface area contributed by atoms with Crippen molar-refractivity contribution in [3.05, 3.63) is 28.5 Å².